The SMILES string of the molecule is CC(CSSSSCC(C)N(C)C)N(C)C. The topological polar surface area (TPSA) is 6.48 Å². The van der Waals surface area contributed by atoms with Crippen LogP contribution in [-0.4, -0.2) is 61.6 Å². The molecule has 2 atom stereocenters. The average Bonchev–Trinajstić information content (AvgIpc) is 2.21. The third-order valence-corrected chi connectivity index (χ3v) is 9.28. The third kappa shape index (κ3) is 9.36. The summed E-state index contributed by atoms with van der Waals surface area (Å²) >= 11 is 0. The van der Waals surface area contributed by atoms with Gasteiger partial charge >= 0.3 is 0 Å². The zero-order chi connectivity index (χ0) is 12.6. The quantitative estimate of drug-likeness (QED) is 0.471. The van der Waals surface area contributed by atoms with Crippen molar-refractivity contribution in [1.82, 2.24) is 9.80 Å². The van der Waals surface area contributed by atoms with Crippen LogP contribution in [0.5, 0.6) is 0 Å². The van der Waals surface area contributed by atoms with Gasteiger partial charge in [0.1, 0.15) is 0 Å². The van der Waals surface area contributed by atoms with Crippen LogP contribution in [0.1, 0.15) is 13.8 Å². The Balaban J connectivity index is 3.28. The standard InChI is InChI=1S/C10H24N2S4/c1-9(11(3)4)7-13-15-16-14-8-10(2)12(5)6/h9-10H,7-8H2,1-6H3. The normalized spacial score (nSPS) is 15.8. The number of rotatable bonds is 9. The van der Waals surface area contributed by atoms with Crippen molar-refractivity contribution in [2.45, 2.75) is 25.9 Å². The molecule has 0 radical (unpaired) electrons. The first-order chi connectivity index (χ1) is 7.45. The molecule has 0 spiro atoms. The largest absolute Gasteiger partial charge is 0.306 e. The Labute approximate surface area is 116 Å². The van der Waals surface area contributed by atoms with E-state index in [1.807, 2.05) is 41.2 Å². The van der Waals surface area contributed by atoms with Crippen LogP contribution in [0.3, 0.4) is 0 Å². The predicted octanol–water partition coefficient (Wildman–Crippen LogP) is 3.56. The van der Waals surface area contributed by atoms with Crippen molar-refractivity contribution >= 4 is 41.2 Å². The molecule has 98 valence electrons. The Hall–Kier alpha value is 1.32. The van der Waals surface area contributed by atoms with Gasteiger partial charge in [0.2, 0.25) is 0 Å². The van der Waals surface area contributed by atoms with Gasteiger partial charge in [0.25, 0.3) is 0 Å². The molecular weight excluding hydrogens is 276 g/mol. The molecule has 0 amide bonds. The highest BCUT2D eigenvalue weighted by Gasteiger charge is 2.06. The predicted molar refractivity (Wildman–Crippen MR) is 86.4 cm³/mol. The van der Waals surface area contributed by atoms with Crippen LogP contribution in [0.25, 0.3) is 0 Å². The maximum Gasteiger partial charge on any atom is 0.0199 e. The van der Waals surface area contributed by atoms with Crippen LogP contribution < -0.4 is 0 Å². The second kappa shape index (κ2) is 10.3. The monoisotopic (exact) mass is 300 g/mol. The molecule has 0 saturated heterocycles. The Morgan fingerprint density at radius 1 is 0.750 bits per heavy atom. The Bertz CT molecular complexity index is 149. The summed E-state index contributed by atoms with van der Waals surface area (Å²) in [6.07, 6.45) is 0. The molecule has 0 heterocycles. The highest BCUT2D eigenvalue weighted by Crippen LogP contribution is 2.43. The van der Waals surface area contributed by atoms with Crippen LogP contribution in [0.4, 0.5) is 0 Å². The summed E-state index contributed by atoms with van der Waals surface area (Å²) in [5.41, 5.74) is 0. The van der Waals surface area contributed by atoms with Crippen LogP contribution in [0, 0.1) is 0 Å². The molecule has 0 aromatic carbocycles. The fourth-order valence-corrected chi connectivity index (χ4v) is 7.35. The van der Waals surface area contributed by atoms with Crippen LogP contribution in [0.15, 0.2) is 0 Å². The fraction of sp³-hybridized carbons (Fsp3) is 1.00. The van der Waals surface area contributed by atoms with Crippen molar-refractivity contribution < 1.29 is 0 Å². The maximum atomic E-state index is 2.26. The van der Waals surface area contributed by atoms with Crippen molar-refractivity contribution in [1.29, 1.82) is 0 Å². The molecule has 0 rings (SSSR count). The van der Waals surface area contributed by atoms with E-state index in [2.05, 4.69) is 51.8 Å². The minimum Gasteiger partial charge on any atom is -0.306 e. The van der Waals surface area contributed by atoms with Gasteiger partial charge in [-0.3, -0.25) is 0 Å². The zero-order valence-corrected chi connectivity index (χ0v) is 14.4. The van der Waals surface area contributed by atoms with Gasteiger partial charge < -0.3 is 9.80 Å². The van der Waals surface area contributed by atoms with Gasteiger partial charge in [-0.25, -0.2) is 0 Å². The lowest BCUT2D eigenvalue weighted by molar-refractivity contribution is 0.340. The van der Waals surface area contributed by atoms with Gasteiger partial charge in [-0.05, 0) is 61.7 Å². The highest BCUT2D eigenvalue weighted by atomic mass is 33.7. The van der Waals surface area contributed by atoms with Gasteiger partial charge in [-0.2, -0.15) is 0 Å². The lowest BCUT2D eigenvalue weighted by atomic mass is 10.4. The second-order valence-corrected chi connectivity index (χ2v) is 10.4. The molecule has 0 saturated carbocycles. The van der Waals surface area contributed by atoms with Crippen LogP contribution >= 0.6 is 41.2 Å². The summed E-state index contributed by atoms with van der Waals surface area (Å²) in [6.45, 7) is 4.53. The summed E-state index contributed by atoms with van der Waals surface area (Å²) in [5.74, 6) is 2.38. The highest BCUT2D eigenvalue weighted by molar-refractivity contribution is 9.26. The van der Waals surface area contributed by atoms with Crippen molar-refractivity contribution in [2.75, 3.05) is 39.7 Å². The molecule has 6 heteroatoms. The molecule has 0 fully saturated rings. The molecule has 2 unspecified atom stereocenters. The van der Waals surface area contributed by atoms with E-state index in [-0.39, 0.29) is 0 Å². The summed E-state index contributed by atoms with van der Waals surface area (Å²) in [7, 11) is 16.3. The molecule has 0 aliphatic carbocycles. The minimum atomic E-state index is 0.656. The Kier molecular flexibility index (Phi) is 11.1. The van der Waals surface area contributed by atoms with Crippen molar-refractivity contribution in [3.63, 3.8) is 0 Å². The third-order valence-electron chi connectivity index (χ3n) is 2.51. The van der Waals surface area contributed by atoms with Gasteiger partial charge in [0.15, 0.2) is 0 Å². The molecule has 0 aliphatic rings. The minimum absolute atomic E-state index is 0.656. The van der Waals surface area contributed by atoms with E-state index in [9.17, 15) is 0 Å². The van der Waals surface area contributed by atoms with Crippen molar-refractivity contribution in [2.24, 2.45) is 0 Å². The molecular formula is C10H24N2S4. The van der Waals surface area contributed by atoms with Gasteiger partial charge in [-0.1, -0.05) is 21.6 Å². The van der Waals surface area contributed by atoms with E-state index in [0.29, 0.717) is 12.1 Å². The Morgan fingerprint density at radius 3 is 1.31 bits per heavy atom. The van der Waals surface area contributed by atoms with E-state index in [0.717, 1.165) is 0 Å². The van der Waals surface area contributed by atoms with E-state index >= 15 is 0 Å². The lowest BCUT2D eigenvalue weighted by Crippen LogP contribution is -2.26. The lowest BCUT2D eigenvalue weighted by Gasteiger charge is -2.19. The van der Waals surface area contributed by atoms with Crippen LogP contribution in [-0.2, 0) is 0 Å². The molecule has 16 heavy (non-hydrogen) atoms. The molecule has 0 bridgehead atoms. The Morgan fingerprint density at radius 2 is 1.06 bits per heavy atom. The fourth-order valence-electron chi connectivity index (χ4n) is 0.590. The summed E-state index contributed by atoms with van der Waals surface area (Å²) in [5, 5.41) is 0. The van der Waals surface area contributed by atoms with Gasteiger partial charge in [0, 0.05) is 23.6 Å². The average molecular weight is 301 g/mol. The number of nitrogens with zero attached hydrogens (tertiary/aromatic N) is 2. The van der Waals surface area contributed by atoms with Gasteiger partial charge in [-0.15, -0.1) is 0 Å². The van der Waals surface area contributed by atoms with Gasteiger partial charge in [0.05, 0.1) is 0 Å². The number of hydrogen-bond acceptors (Lipinski definition) is 6. The van der Waals surface area contributed by atoms with Crippen molar-refractivity contribution in [3.05, 3.63) is 0 Å². The molecule has 0 aromatic heterocycles. The maximum absolute atomic E-state index is 2.26. The summed E-state index contributed by atoms with van der Waals surface area (Å²) < 4.78 is 0. The van der Waals surface area contributed by atoms with E-state index in [1.165, 1.54) is 11.5 Å². The van der Waals surface area contributed by atoms with E-state index in [1.54, 1.807) is 0 Å². The number of hydrogen-bond donors (Lipinski definition) is 0. The summed E-state index contributed by atoms with van der Waals surface area (Å²) in [4.78, 5) is 4.53. The summed E-state index contributed by atoms with van der Waals surface area (Å²) in [6, 6.07) is 1.31. The molecule has 0 aromatic rings. The van der Waals surface area contributed by atoms with Crippen LogP contribution in [0.2, 0.25) is 0 Å². The van der Waals surface area contributed by atoms with E-state index < -0.39 is 0 Å². The molecule has 0 N–H and O–H groups in total. The zero-order valence-electron chi connectivity index (χ0n) is 11.1. The first-order valence-electron chi connectivity index (χ1n) is 5.35. The first-order valence-corrected chi connectivity index (χ1v) is 10.5. The molecule has 2 nitrogen and oxygen atoms in total. The first kappa shape index (κ1) is 17.3. The second-order valence-electron chi connectivity index (χ2n) is 4.33. The smallest absolute Gasteiger partial charge is 0.0199 e. The van der Waals surface area contributed by atoms with E-state index in [4.69, 9.17) is 0 Å². The molecule has 0 aliphatic heterocycles. The van der Waals surface area contributed by atoms with Crippen molar-refractivity contribution in [3.8, 4) is 0 Å².